The van der Waals surface area contributed by atoms with Crippen molar-refractivity contribution in [3.8, 4) is 0 Å². The van der Waals surface area contributed by atoms with Crippen molar-refractivity contribution < 1.29 is 9.21 Å². The van der Waals surface area contributed by atoms with Crippen molar-refractivity contribution in [3.63, 3.8) is 0 Å². The third-order valence-electron chi connectivity index (χ3n) is 3.50. The molecule has 0 aliphatic carbocycles. The standard InChI is InChI=1S/C12H18N2O2/c1-14-6-3-5-12(9-13,8-11(14)15)10-4-2-7-16-10/h2,4,7H,3,5-6,8-9,13H2,1H3. The van der Waals surface area contributed by atoms with Gasteiger partial charge in [0, 0.05) is 32.0 Å². The molecule has 1 aromatic heterocycles. The average Bonchev–Trinajstić information content (AvgIpc) is 2.76. The first-order valence-electron chi connectivity index (χ1n) is 5.66. The Morgan fingerprint density at radius 2 is 2.44 bits per heavy atom. The van der Waals surface area contributed by atoms with E-state index < -0.39 is 0 Å². The highest BCUT2D eigenvalue weighted by Crippen LogP contribution is 2.35. The SMILES string of the molecule is CN1CCCC(CN)(c2ccco2)CC1=O. The zero-order chi connectivity index (χ0) is 11.6. The second kappa shape index (κ2) is 4.29. The van der Waals surface area contributed by atoms with Crippen LogP contribution in [0.1, 0.15) is 25.0 Å². The Morgan fingerprint density at radius 1 is 1.62 bits per heavy atom. The number of nitrogens with two attached hydrogens (primary N) is 1. The number of nitrogens with zero attached hydrogens (tertiary/aromatic N) is 1. The fourth-order valence-electron chi connectivity index (χ4n) is 2.36. The predicted molar refractivity (Wildman–Crippen MR) is 60.9 cm³/mol. The summed E-state index contributed by atoms with van der Waals surface area (Å²) in [5, 5.41) is 0. The van der Waals surface area contributed by atoms with Crippen LogP contribution in [0.15, 0.2) is 22.8 Å². The van der Waals surface area contributed by atoms with Crippen molar-refractivity contribution in [1.82, 2.24) is 4.90 Å². The molecule has 1 fully saturated rings. The first kappa shape index (κ1) is 11.2. The van der Waals surface area contributed by atoms with Crippen LogP contribution in [0.4, 0.5) is 0 Å². The van der Waals surface area contributed by atoms with E-state index in [9.17, 15) is 4.79 Å². The van der Waals surface area contributed by atoms with Gasteiger partial charge in [0.2, 0.25) is 5.91 Å². The quantitative estimate of drug-likeness (QED) is 0.815. The number of hydrogen-bond donors (Lipinski definition) is 1. The number of likely N-dealkylation sites (tertiary alicyclic amines) is 1. The predicted octanol–water partition coefficient (Wildman–Crippen LogP) is 1.12. The fraction of sp³-hybridized carbons (Fsp3) is 0.583. The molecule has 1 unspecified atom stereocenters. The van der Waals surface area contributed by atoms with Crippen LogP contribution in [-0.4, -0.2) is 30.9 Å². The maximum absolute atomic E-state index is 11.9. The average molecular weight is 222 g/mol. The minimum Gasteiger partial charge on any atom is -0.469 e. The second-order valence-corrected chi connectivity index (χ2v) is 4.56. The first-order chi connectivity index (χ1) is 7.68. The number of carbonyl (C=O) groups is 1. The van der Waals surface area contributed by atoms with Crippen molar-refractivity contribution in [3.05, 3.63) is 24.2 Å². The Kier molecular flexibility index (Phi) is 3.01. The molecule has 0 saturated carbocycles. The van der Waals surface area contributed by atoms with E-state index in [-0.39, 0.29) is 11.3 Å². The number of amides is 1. The van der Waals surface area contributed by atoms with Gasteiger partial charge in [0.25, 0.3) is 0 Å². The van der Waals surface area contributed by atoms with Crippen LogP contribution in [0.25, 0.3) is 0 Å². The molecule has 0 spiro atoms. The fourth-order valence-corrected chi connectivity index (χ4v) is 2.36. The lowest BCUT2D eigenvalue weighted by Gasteiger charge is -2.28. The van der Waals surface area contributed by atoms with Crippen molar-refractivity contribution in [1.29, 1.82) is 0 Å². The largest absolute Gasteiger partial charge is 0.469 e. The van der Waals surface area contributed by atoms with Crippen molar-refractivity contribution in [2.45, 2.75) is 24.7 Å². The van der Waals surface area contributed by atoms with E-state index in [1.807, 2.05) is 19.2 Å². The summed E-state index contributed by atoms with van der Waals surface area (Å²) in [5.74, 6) is 0.998. The monoisotopic (exact) mass is 222 g/mol. The molecule has 2 rings (SSSR count). The van der Waals surface area contributed by atoms with Gasteiger partial charge >= 0.3 is 0 Å². The van der Waals surface area contributed by atoms with Gasteiger partial charge in [0.15, 0.2) is 0 Å². The molecule has 1 aromatic rings. The maximum Gasteiger partial charge on any atom is 0.223 e. The van der Waals surface area contributed by atoms with Crippen molar-refractivity contribution >= 4 is 5.91 Å². The molecular formula is C12H18N2O2. The van der Waals surface area contributed by atoms with Gasteiger partial charge in [-0.2, -0.15) is 0 Å². The smallest absolute Gasteiger partial charge is 0.223 e. The van der Waals surface area contributed by atoms with Crippen molar-refractivity contribution in [2.75, 3.05) is 20.1 Å². The third-order valence-corrected chi connectivity index (χ3v) is 3.50. The van der Waals surface area contributed by atoms with Gasteiger partial charge in [-0.1, -0.05) is 0 Å². The minimum absolute atomic E-state index is 0.152. The molecule has 88 valence electrons. The zero-order valence-electron chi connectivity index (χ0n) is 9.61. The van der Waals surface area contributed by atoms with E-state index >= 15 is 0 Å². The molecule has 0 bridgehead atoms. The summed E-state index contributed by atoms with van der Waals surface area (Å²) in [5.41, 5.74) is 5.58. The second-order valence-electron chi connectivity index (χ2n) is 4.56. The summed E-state index contributed by atoms with van der Waals surface area (Å²) >= 11 is 0. The van der Waals surface area contributed by atoms with Gasteiger partial charge in [-0.05, 0) is 25.0 Å². The van der Waals surface area contributed by atoms with Crippen LogP contribution in [-0.2, 0) is 10.2 Å². The van der Waals surface area contributed by atoms with E-state index in [2.05, 4.69) is 0 Å². The van der Waals surface area contributed by atoms with Crippen LogP contribution in [0.3, 0.4) is 0 Å². The van der Waals surface area contributed by atoms with Crippen molar-refractivity contribution in [2.24, 2.45) is 5.73 Å². The highest BCUT2D eigenvalue weighted by molar-refractivity contribution is 5.77. The third kappa shape index (κ3) is 1.85. The van der Waals surface area contributed by atoms with Crippen LogP contribution < -0.4 is 5.73 Å². The molecule has 1 aliphatic rings. The molecule has 1 atom stereocenters. The molecule has 4 nitrogen and oxygen atoms in total. The summed E-state index contributed by atoms with van der Waals surface area (Å²) in [6.45, 7) is 1.27. The Bertz CT molecular complexity index is 361. The van der Waals surface area contributed by atoms with Crippen LogP contribution >= 0.6 is 0 Å². The number of hydrogen-bond acceptors (Lipinski definition) is 3. The molecule has 1 amide bonds. The minimum atomic E-state index is -0.300. The Morgan fingerprint density at radius 3 is 3.06 bits per heavy atom. The van der Waals surface area contributed by atoms with Gasteiger partial charge < -0.3 is 15.1 Å². The number of rotatable bonds is 2. The Balaban J connectivity index is 2.30. The maximum atomic E-state index is 11.9. The molecule has 0 radical (unpaired) electrons. The van der Waals surface area contributed by atoms with Gasteiger partial charge in [-0.3, -0.25) is 4.79 Å². The Hall–Kier alpha value is -1.29. The lowest BCUT2D eigenvalue weighted by atomic mass is 9.78. The summed E-state index contributed by atoms with van der Waals surface area (Å²) in [6, 6.07) is 3.78. The summed E-state index contributed by atoms with van der Waals surface area (Å²) in [4.78, 5) is 13.7. The van der Waals surface area contributed by atoms with Gasteiger partial charge in [-0.15, -0.1) is 0 Å². The van der Waals surface area contributed by atoms with Gasteiger partial charge in [0.05, 0.1) is 6.26 Å². The van der Waals surface area contributed by atoms with Crippen LogP contribution in [0.2, 0.25) is 0 Å². The number of carbonyl (C=O) groups excluding carboxylic acids is 1. The molecule has 2 heterocycles. The van der Waals surface area contributed by atoms with Crippen LogP contribution in [0, 0.1) is 0 Å². The summed E-state index contributed by atoms with van der Waals surface area (Å²) in [6.07, 6.45) is 3.98. The van der Waals surface area contributed by atoms with E-state index in [4.69, 9.17) is 10.2 Å². The Labute approximate surface area is 95.4 Å². The van der Waals surface area contributed by atoms with E-state index in [1.54, 1.807) is 11.2 Å². The summed E-state index contributed by atoms with van der Waals surface area (Å²) in [7, 11) is 1.84. The van der Waals surface area contributed by atoms with E-state index in [0.29, 0.717) is 13.0 Å². The molecular weight excluding hydrogens is 204 g/mol. The van der Waals surface area contributed by atoms with Crippen LogP contribution in [0.5, 0.6) is 0 Å². The van der Waals surface area contributed by atoms with E-state index in [0.717, 1.165) is 25.1 Å². The molecule has 1 saturated heterocycles. The highest BCUT2D eigenvalue weighted by atomic mass is 16.3. The summed E-state index contributed by atoms with van der Waals surface area (Å²) < 4.78 is 5.46. The topological polar surface area (TPSA) is 59.5 Å². The normalized spacial score (nSPS) is 26.9. The van der Waals surface area contributed by atoms with E-state index in [1.165, 1.54) is 0 Å². The highest BCUT2D eigenvalue weighted by Gasteiger charge is 2.38. The molecule has 2 N–H and O–H groups in total. The lowest BCUT2D eigenvalue weighted by Crippen LogP contribution is -2.38. The van der Waals surface area contributed by atoms with Gasteiger partial charge in [-0.25, -0.2) is 0 Å². The molecule has 4 heteroatoms. The zero-order valence-corrected chi connectivity index (χ0v) is 9.61. The van der Waals surface area contributed by atoms with Gasteiger partial charge in [0.1, 0.15) is 5.76 Å². The molecule has 1 aliphatic heterocycles. The lowest BCUT2D eigenvalue weighted by molar-refractivity contribution is -0.130. The first-order valence-corrected chi connectivity index (χ1v) is 5.66. The molecule has 0 aromatic carbocycles. The number of furan rings is 1. The molecule has 16 heavy (non-hydrogen) atoms.